The largest absolute Gasteiger partial charge is 0.395 e. The quantitative estimate of drug-likeness (QED) is 0.769. The average molecular weight is 287 g/mol. The molecule has 1 aromatic carbocycles. The number of carbonyl (C=O) groups is 1. The summed E-state index contributed by atoms with van der Waals surface area (Å²) < 4.78 is 1.96. The molecule has 3 aromatic rings. The van der Waals surface area contributed by atoms with Gasteiger partial charge in [-0.05, 0) is 24.3 Å². The number of imidazole rings is 1. The first kappa shape index (κ1) is 12.8. The lowest BCUT2D eigenvalue weighted by Gasteiger charge is -2.00. The highest BCUT2D eigenvalue weighted by molar-refractivity contribution is 7.16. The number of para-hydroxylation sites is 2. The van der Waals surface area contributed by atoms with Crippen LogP contribution in [0.1, 0.15) is 9.67 Å². The van der Waals surface area contributed by atoms with Crippen LogP contribution in [0.25, 0.3) is 16.0 Å². The lowest BCUT2D eigenvalue weighted by Crippen LogP contribution is -2.25. The Bertz CT molecular complexity index is 748. The molecule has 5 nitrogen and oxygen atoms in total. The fraction of sp³-hybridized carbons (Fsp3) is 0.143. The molecule has 1 amide bonds. The molecule has 20 heavy (non-hydrogen) atoms. The maximum absolute atomic E-state index is 11.8. The van der Waals surface area contributed by atoms with E-state index in [9.17, 15) is 4.79 Å². The Morgan fingerprint density at radius 1 is 1.30 bits per heavy atom. The molecule has 102 valence electrons. The summed E-state index contributed by atoms with van der Waals surface area (Å²) >= 11 is 1.39. The molecule has 0 aliphatic carbocycles. The second kappa shape index (κ2) is 5.44. The highest BCUT2D eigenvalue weighted by atomic mass is 32.1. The van der Waals surface area contributed by atoms with Crippen molar-refractivity contribution < 1.29 is 9.90 Å². The molecule has 0 unspecified atom stereocenters. The van der Waals surface area contributed by atoms with Crippen molar-refractivity contribution >= 4 is 28.3 Å². The maximum Gasteiger partial charge on any atom is 0.261 e. The van der Waals surface area contributed by atoms with Gasteiger partial charge in [-0.3, -0.25) is 9.36 Å². The van der Waals surface area contributed by atoms with Gasteiger partial charge in [0.15, 0.2) is 0 Å². The van der Waals surface area contributed by atoms with Crippen molar-refractivity contribution in [3.05, 3.63) is 47.6 Å². The summed E-state index contributed by atoms with van der Waals surface area (Å²) in [4.78, 5) is 16.8. The summed E-state index contributed by atoms with van der Waals surface area (Å²) in [6.45, 7) is 0.205. The van der Waals surface area contributed by atoms with E-state index in [1.165, 1.54) is 11.3 Å². The van der Waals surface area contributed by atoms with E-state index in [1.54, 1.807) is 12.4 Å². The zero-order valence-corrected chi connectivity index (χ0v) is 11.4. The number of nitrogens with one attached hydrogen (secondary N) is 1. The Kier molecular flexibility index (Phi) is 3.49. The fourth-order valence-electron chi connectivity index (χ4n) is 1.97. The molecule has 0 fully saturated rings. The Hall–Kier alpha value is -2.18. The van der Waals surface area contributed by atoms with Crippen LogP contribution in [0.5, 0.6) is 0 Å². The van der Waals surface area contributed by atoms with Crippen molar-refractivity contribution in [3.8, 4) is 5.00 Å². The Balaban J connectivity index is 1.92. The van der Waals surface area contributed by atoms with Crippen LogP contribution in [0.15, 0.2) is 42.7 Å². The summed E-state index contributed by atoms with van der Waals surface area (Å²) in [6.07, 6.45) is 1.76. The van der Waals surface area contributed by atoms with E-state index >= 15 is 0 Å². The lowest BCUT2D eigenvalue weighted by atomic mass is 10.3. The first-order valence-electron chi connectivity index (χ1n) is 6.21. The van der Waals surface area contributed by atoms with Gasteiger partial charge < -0.3 is 10.4 Å². The Labute approximate surface area is 119 Å². The first-order valence-corrected chi connectivity index (χ1v) is 7.02. The Morgan fingerprint density at radius 2 is 2.15 bits per heavy atom. The van der Waals surface area contributed by atoms with Crippen molar-refractivity contribution in [2.24, 2.45) is 0 Å². The SMILES string of the molecule is O=C(NCCO)c1ccc(-n2cnc3ccccc32)s1. The molecule has 0 spiro atoms. The molecule has 2 heterocycles. The van der Waals surface area contributed by atoms with Crippen molar-refractivity contribution in [1.82, 2.24) is 14.9 Å². The number of amides is 1. The number of hydrogen-bond donors (Lipinski definition) is 2. The minimum Gasteiger partial charge on any atom is -0.395 e. The third-order valence-corrected chi connectivity index (χ3v) is 3.99. The van der Waals surface area contributed by atoms with Crippen LogP contribution in [0.4, 0.5) is 0 Å². The fourth-order valence-corrected chi connectivity index (χ4v) is 2.88. The molecule has 2 N–H and O–H groups in total. The number of thiophene rings is 1. The van der Waals surface area contributed by atoms with E-state index in [-0.39, 0.29) is 19.1 Å². The molecule has 3 rings (SSSR count). The molecule has 0 saturated carbocycles. The monoisotopic (exact) mass is 287 g/mol. The van der Waals surface area contributed by atoms with E-state index in [2.05, 4.69) is 10.3 Å². The molecule has 2 aromatic heterocycles. The summed E-state index contributed by atoms with van der Waals surface area (Å²) in [7, 11) is 0. The van der Waals surface area contributed by atoms with Crippen molar-refractivity contribution in [3.63, 3.8) is 0 Å². The summed E-state index contributed by atoms with van der Waals surface area (Å²) in [5.74, 6) is -0.167. The molecule has 6 heteroatoms. The van der Waals surface area contributed by atoms with Gasteiger partial charge in [0.05, 0.1) is 22.5 Å². The van der Waals surface area contributed by atoms with E-state index < -0.39 is 0 Å². The van der Waals surface area contributed by atoms with E-state index in [0.29, 0.717) is 4.88 Å². The third kappa shape index (κ3) is 2.31. The minimum absolute atomic E-state index is 0.0594. The van der Waals surface area contributed by atoms with Gasteiger partial charge in [0.1, 0.15) is 11.3 Å². The molecular formula is C14H13N3O2S. The number of aliphatic hydroxyl groups excluding tert-OH is 1. The molecule has 0 saturated heterocycles. The first-order chi connectivity index (χ1) is 9.79. The number of hydrogen-bond acceptors (Lipinski definition) is 4. The van der Waals surface area contributed by atoms with Crippen molar-refractivity contribution in [1.29, 1.82) is 0 Å². The number of rotatable bonds is 4. The lowest BCUT2D eigenvalue weighted by molar-refractivity contribution is 0.0949. The standard InChI is InChI=1S/C14H13N3O2S/c18-8-7-15-14(19)12-5-6-13(20-12)17-9-16-10-3-1-2-4-11(10)17/h1-6,9,18H,7-8H2,(H,15,19). The van der Waals surface area contributed by atoms with Gasteiger partial charge in [0.2, 0.25) is 0 Å². The maximum atomic E-state index is 11.8. The number of aliphatic hydroxyl groups is 1. The number of aromatic nitrogens is 2. The van der Waals surface area contributed by atoms with E-state index in [0.717, 1.165) is 16.0 Å². The highest BCUT2D eigenvalue weighted by Crippen LogP contribution is 2.24. The molecule has 0 radical (unpaired) electrons. The Morgan fingerprint density at radius 3 is 3.00 bits per heavy atom. The van der Waals surface area contributed by atoms with Crippen LogP contribution in [0.3, 0.4) is 0 Å². The van der Waals surface area contributed by atoms with Gasteiger partial charge in [0.25, 0.3) is 5.91 Å². The topological polar surface area (TPSA) is 67.2 Å². The summed E-state index contributed by atoms with van der Waals surface area (Å²) in [5, 5.41) is 12.3. The number of fused-ring (bicyclic) bond motifs is 1. The zero-order valence-electron chi connectivity index (χ0n) is 10.6. The van der Waals surface area contributed by atoms with E-state index in [4.69, 9.17) is 5.11 Å². The smallest absolute Gasteiger partial charge is 0.261 e. The van der Waals surface area contributed by atoms with Crippen molar-refractivity contribution in [2.75, 3.05) is 13.2 Å². The van der Waals surface area contributed by atoms with E-state index in [1.807, 2.05) is 34.9 Å². The minimum atomic E-state index is -0.167. The predicted molar refractivity (Wildman–Crippen MR) is 78.4 cm³/mol. The second-order valence-electron chi connectivity index (χ2n) is 4.22. The summed E-state index contributed by atoms with van der Waals surface area (Å²) in [6, 6.07) is 11.5. The van der Waals surface area contributed by atoms with Gasteiger partial charge >= 0.3 is 0 Å². The number of benzene rings is 1. The van der Waals surface area contributed by atoms with Crippen LogP contribution in [-0.2, 0) is 0 Å². The van der Waals surface area contributed by atoms with Crippen molar-refractivity contribution in [2.45, 2.75) is 0 Å². The molecule has 0 aliphatic heterocycles. The summed E-state index contributed by atoms with van der Waals surface area (Å²) in [5.41, 5.74) is 1.93. The highest BCUT2D eigenvalue weighted by Gasteiger charge is 2.11. The molecule has 0 bridgehead atoms. The van der Waals surface area contributed by atoms with Gasteiger partial charge in [-0.2, -0.15) is 0 Å². The van der Waals surface area contributed by atoms with Gasteiger partial charge in [-0.1, -0.05) is 12.1 Å². The van der Waals surface area contributed by atoms with Crippen LogP contribution in [0.2, 0.25) is 0 Å². The predicted octanol–water partition coefficient (Wildman–Crippen LogP) is 1.81. The number of nitrogens with zero attached hydrogens (tertiary/aromatic N) is 2. The molecular weight excluding hydrogens is 274 g/mol. The normalized spacial score (nSPS) is 10.8. The van der Waals surface area contributed by atoms with Crippen LogP contribution >= 0.6 is 11.3 Å². The number of carbonyl (C=O) groups excluding carboxylic acids is 1. The van der Waals surface area contributed by atoms with Crippen LogP contribution in [-0.4, -0.2) is 33.7 Å². The molecule has 0 aliphatic rings. The third-order valence-electron chi connectivity index (χ3n) is 2.90. The zero-order chi connectivity index (χ0) is 13.9. The van der Waals surface area contributed by atoms with Gasteiger partial charge in [0, 0.05) is 6.54 Å². The van der Waals surface area contributed by atoms with Crippen LogP contribution < -0.4 is 5.32 Å². The van der Waals surface area contributed by atoms with Gasteiger partial charge in [-0.15, -0.1) is 11.3 Å². The second-order valence-corrected chi connectivity index (χ2v) is 5.28. The average Bonchev–Trinajstić information content (AvgIpc) is 3.10. The van der Waals surface area contributed by atoms with Gasteiger partial charge in [-0.25, -0.2) is 4.98 Å². The van der Waals surface area contributed by atoms with Crippen LogP contribution in [0, 0.1) is 0 Å². The molecule has 0 atom stereocenters.